The number of tetrazole rings is 1. The average molecular weight is 441 g/mol. The summed E-state index contributed by atoms with van der Waals surface area (Å²) in [6.45, 7) is 4.77. The van der Waals surface area contributed by atoms with Crippen molar-refractivity contribution in [1.82, 2.24) is 30.0 Å². The first-order chi connectivity index (χ1) is 15.3. The Bertz CT molecular complexity index is 943. The lowest BCUT2D eigenvalue weighted by atomic mass is 9.93. The van der Waals surface area contributed by atoms with Gasteiger partial charge in [-0.2, -0.15) is 0 Å². The molecule has 1 saturated heterocycles. The summed E-state index contributed by atoms with van der Waals surface area (Å²) < 4.78 is 15.2. The second-order valence-electron chi connectivity index (χ2n) is 8.60. The van der Waals surface area contributed by atoms with Crippen molar-refractivity contribution in [3.8, 4) is 0 Å². The van der Waals surface area contributed by atoms with Crippen LogP contribution in [0.15, 0.2) is 41.8 Å². The van der Waals surface area contributed by atoms with Crippen molar-refractivity contribution in [2.45, 2.75) is 50.7 Å². The van der Waals surface area contributed by atoms with Crippen molar-refractivity contribution >= 4 is 11.3 Å². The zero-order valence-corrected chi connectivity index (χ0v) is 18.6. The molecule has 1 aliphatic carbocycles. The first-order valence-electron chi connectivity index (χ1n) is 11.3. The summed E-state index contributed by atoms with van der Waals surface area (Å²) >= 11 is 1.75. The van der Waals surface area contributed by atoms with Gasteiger partial charge in [0.25, 0.3) is 0 Å². The molecule has 3 heterocycles. The van der Waals surface area contributed by atoms with Gasteiger partial charge in [0.15, 0.2) is 5.82 Å². The highest BCUT2D eigenvalue weighted by Gasteiger charge is 2.33. The second kappa shape index (κ2) is 9.54. The van der Waals surface area contributed by atoms with E-state index in [0.29, 0.717) is 6.54 Å². The Morgan fingerprint density at radius 2 is 1.77 bits per heavy atom. The highest BCUT2D eigenvalue weighted by Crippen LogP contribution is 2.32. The number of piperazine rings is 1. The molecule has 0 amide bonds. The molecule has 1 aliphatic heterocycles. The van der Waals surface area contributed by atoms with E-state index < -0.39 is 0 Å². The monoisotopic (exact) mass is 440 g/mol. The fraction of sp³-hybridized carbons (Fsp3) is 0.522. The molecule has 0 bridgehead atoms. The van der Waals surface area contributed by atoms with Gasteiger partial charge in [0.1, 0.15) is 11.9 Å². The van der Waals surface area contributed by atoms with Crippen molar-refractivity contribution in [2.24, 2.45) is 0 Å². The molecule has 2 aromatic heterocycles. The number of halogens is 1. The van der Waals surface area contributed by atoms with Crippen LogP contribution in [0.2, 0.25) is 0 Å². The van der Waals surface area contributed by atoms with E-state index >= 15 is 0 Å². The van der Waals surface area contributed by atoms with Gasteiger partial charge in [0.05, 0.1) is 6.54 Å². The van der Waals surface area contributed by atoms with Gasteiger partial charge in [0, 0.05) is 37.1 Å². The zero-order valence-electron chi connectivity index (χ0n) is 17.7. The maximum Gasteiger partial charge on any atom is 0.174 e. The fourth-order valence-corrected chi connectivity index (χ4v) is 5.86. The third-order valence-electron chi connectivity index (χ3n) is 6.67. The molecule has 8 heteroatoms. The maximum atomic E-state index is 13.3. The summed E-state index contributed by atoms with van der Waals surface area (Å²) in [5.41, 5.74) is 0.988. The molecule has 2 fully saturated rings. The van der Waals surface area contributed by atoms with Crippen LogP contribution < -0.4 is 0 Å². The number of nitrogens with zero attached hydrogens (tertiary/aromatic N) is 6. The molecule has 1 saturated carbocycles. The van der Waals surface area contributed by atoms with E-state index in [1.165, 1.54) is 49.1 Å². The van der Waals surface area contributed by atoms with Crippen LogP contribution in [0.1, 0.15) is 54.4 Å². The highest BCUT2D eigenvalue weighted by atomic mass is 32.1. The van der Waals surface area contributed by atoms with Crippen molar-refractivity contribution in [1.29, 1.82) is 0 Å². The van der Waals surface area contributed by atoms with Gasteiger partial charge < -0.3 is 0 Å². The first-order valence-corrected chi connectivity index (χ1v) is 12.2. The van der Waals surface area contributed by atoms with Gasteiger partial charge >= 0.3 is 0 Å². The number of rotatable bonds is 6. The smallest absolute Gasteiger partial charge is 0.174 e. The molecular formula is C23H29FN6S. The van der Waals surface area contributed by atoms with Gasteiger partial charge in [-0.3, -0.25) is 9.80 Å². The van der Waals surface area contributed by atoms with Gasteiger partial charge in [-0.05, 0) is 52.4 Å². The minimum absolute atomic E-state index is 0.0453. The molecular weight excluding hydrogens is 411 g/mol. The molecule has 3 aromatic rings. The third-order valence-corrected chi connectivity index (χ3v) is 7.59. The Balaban J connectivity index is 1.35. The Morgan fingerprint density at radius 3 is 2.48 bits per heavy atom. The third kappa shape index (κ3) is 4.71. The van der Waals surface area contributed by atoms with Crippen LogP contribution >= 0.6 is 11.3 Å². The average Bonchev–Trinajstić information content (AvgIpc) is 3.50. The summed E-state index contributed by atoms with van der Waals surface area (Å²) in [7, 11) is 0. The van der Waals surface area contributed by atoms with Gasteiger partial charge in [-0.25, -0.2) is 9.07 Å². The van der Waals surface area contributed by atoms with Crippen molar-refractivity contribution < 1.29 is 4.39 Å². The molecule has 0 radical (unpaired) electrons. The zero-order chi connectivity index (χ0) is 21.0. The topological polar surface area (TPSA) is 50.1 Å². The van der Waals surface area contributed by atoms with E-state index in [2.05, 4.69) is 42.8 Å². The number of benzene rings is 1. The normalized spacial score (nSPS) is 20.2. The predicted molar refractivity (Wildman–Crippen MR) is 120 cm³/mol. The number of hydrogen-bond donors (Lipinski definition) is 0. The lowest BCUT2D eigenvalue weighted by molar-refractivity contribution is 0.0628. The summed E-state index contributed by atoms with van der Waals surface area (Å²) in [5.74, 6) is 0.630. The Morgan fingerprint density at radius 1 is 1.00 bits per heavy atom. The minimum atomic E-state index is -0.229. The number of thiophene rings is 1. The SMILES string of the molecule is Fc1ccc(Cn2nnnc2[C@H](c2cccs2)N2CCN(C3CCCCC3)CC2)cc1. The number of aromatic nitrogens is 4. The van der Waals surface area contributed by atoms with Crippen LogP contribution in [0.25, 0.3) is 0 Å². The largest absolute Gasteiger partial charge is 0.298 e. The van der Waals surface area contributed by atoms with Crippen LogP contribution in [0, 0.1) is 5.82 Å². The molecule has 6 nitrogen and oxygen atoms in total. The van der Waals surface area contributed by atoms with E-state index in [1.807, 2.05) is 4.68 Å². The Kier molecular flexibility index (Phi) is 6.38. The lowest BCUT2D eigenvalue weighted by Gasteiger charge is -2.42. The predicted octanol–water partition coefficient (Wildman–Crippen LogP) is 3.96. The Labute approximate surface area is 186 Å². The molecule has 1 atom stereocenters. The van der Waals surface area contributed by atoms with E-state index in [0.717, 1.165) is 43.6 Å². The van der Waals surface area contributed by atoms with E-state index in [1.54, 1.807) is 23.5 Å². The quantitative estimate of drug-likeness (QED) is 0.581. The molecule has 0 N–H and O–H groups in total. The minimum Gasteiger partial charge on any atom is -0.298 e. The molecule has 0 spiro atoms. The van der Waals surface area contributed by atoms with E-state index in [-0.39, 0.29) is 11.9 Å². The first kappa shape index (κ1) is 20.7. The van der Waals surface area contributed by atoms with Crippen LogP contribution in [0.5, 0.6) is 0 Å². The highest BCUT2D eigenvalue weighted by molar-refractivity contribution is 7.10. The summed E-state index contributed by atoms with van der Waals surface area (Å²) in [4.78, 5) is 6.49. The number of hydrogen-bond acceptors (Lipinski definition) is 6. The van der Waals surface area contributed by atoms with E-state index in [9.17, 15) is 4.39 Å². The van der Waals surface area contributed by atoms with E-state index in [4.69, 9.17) is 0 Å². The van der Waals surface area contributed by atoms with Crippen molar-refractivity contribution in [2.75, 3.05) is 26.2 Å². The van der Waals surface area contributed by atoms with Crippen LogP contribution in [-0.4, -0.2) is 62.2 Å². The fourth-order valence-electron chi connectivity index (χ4n) is 5.01. The molecule has 164 valence electrons. The molecule has 31 heavy (non-hydrogen) atoms. The standard InChI is InChI=1S/C23H29FN6S/c24-19-10-8-18(9-11-19)17-30-23(25-26-27-30)22(21-7-4-16-31-21)29-14-12-28(13-15-29)20-5-2-1-3-6-20/h4,7-11,16,20,22H,1-3,5-6,12-15,17H2/t22-/m0/s1. The van der Waals surface area contributed by atoms with Crippen LogP contribution in [0.4, 0.5) is 4.39 Å². The lowest BCUT2D eigenvalue weighted by Crippen LogP contribution is -2.51. The maximum absolute atomic E-state index is 13.3. The summed E-state index contributed by atoms with van der Waals surface area (Å²) in [5, 5.41) is 14.9. The van der Waals surface area contributed by atoms with Crippen LogP contribution in [0.3, 0.4) is 0 Å². The molecule has 2 aliphatic rings. The van der Waals surface area contributed by atoms with Gasteiger partial charge in [-0.1, -0.05) is 37.5 Å². The second-order valence-corrected chi connectivity index (χ2v) is 9.58. The molecule has 1 aromatic carbocycles. The van der Waals surface area contributed by atoms with Crippen molar-refractivity contribution in [3.63, 3.8) is 0 Å². The summed E-state index contributed by atoms with van der Waals surface area (Å²) in [6.07, 6.45) is 6.85. The molecule has 5 rings (SSSR count). The Hall–Kier alpha value is -2.16. The summed E-state index contributed by atoms with van der Waals surface area (Å²) in [6, 6.07) is 11.7. The molecule has 0 unspecified atom stereocenters. The van der Waals surface area contributed by atoms with Gasteiger partial charge in [0.2, 0.25) is 0 Å². The van der Waals surface area contributed by atoms with Crippen LogP contribution in [-0.2, 0) is 6.54 Å². The van der Waals surface area contributed by atoms with Gasteiger partial charge in [-0.15, -0.1) is 16.4 Å². The van der Waals surface area contributed by atoms with Crippen molar-refractivity contribution in [3.05, 3.63) is 63.9 Å².